The van der Waals surface area contributed by atoms with Crippen LogP contribution in [0.1, 0.15) is 25.8 Å². The topological polar surface area (TPSA) is 68.0 Å². The first kappa shape index (κ1) is 8.70. The first-order valence-electron chi connectivity index (χ1n) is 3.82. The second kappa shape index (κ2) is 3.85. The van der Waals surface area contributed by atoms with Crippen LogP contribution >= 0.6 is 0 Å². The van der Waals surface area contributed by atoms with Gasteiger partial charge < -0.3 is 9.67 Å². The molecule has 1 aromatic rings. The largest absolute Gasteiger partial charge is 0.480 e. The lowest BCUT2D eigenvalue weighted by Crippen LogP contribution is -2.17. The van der Waals surface area contributed by atoms with Crippen molar-refractivity contribution in [1.29, 1.82) is 0 Å². The van der Waals surface area contributed by atoms with Crippen LogP contribution in [0.25, 0.3) is 0 Å². The molecule has 0 aliphatic rings. The molecule has 0 bridgehead atoms. The van der Waals surface area contributed by atoms with Crippen molar-refractivity contribution in [3.8, 4) is 0 Å². The van der Waals surface area contributed by atoms with Gasteiger partial charge in [0.2, 0.25) is 0 Å². The Balaban J connectivity index is 2.73. The standard InChI is InChI=1S/C7H11N3O2/c1-2-3-6(7(11)12)10-4-8-9-5-10/h4-6H,2-3H2,1H3,(H,11,12). The molecule has 0 aliphatic heterocycles. The van der Waals surface area contributed by atoms with Crippen LogP contribution in [0.2, 0.25) is 0 Å². The van der Waals surface area contributed by atoms with Gasteiger partial charge in [-0.2, -0.15) is 0 Å². The molecule has 0 aromatic carbocycles. The molecule has 1 heterocycles. The molecule has 1 atom stereocenters. The van der Waals surface area contributed by atoms with E-state index in [0.717, 1.165) is 6.42 Å². The molecule has 12 heavy (non-hydrogen) atoms. The van der Waals surface area contributed by atoms with E-state index in [-0.39, 0.29) is 0 Å². The van der Waals surface area contributed by atoms with Gasteiger partial charge in [0.15, 0.2) is 0 Å². The second-order valence-corrected chi connectivity index (χ2v) is 2.55. The zero-order valence-electron chi connectivity index (χ0n) is 6.84. The minimum atomic E-state index is -0.836. The van der Waals surface area contributed by atoms with Gasteiger partial charge in [-0.15, -0.1) is 10.2 Å². The normalized spacial score (nSPS) is 12.8. The molecule has 0 radical (unpaired) electrons. The van der Waals surface area contributed by atoms with Gasteiger partial charge in [0, 0.05) is 0 Å². The van der Waals surface area contributed by atoms with Crippen LogP contribution in [0, 0.1) is 0 Å². The van der Waals surface area contributed by atoms with Gasteiger partial charge in [-0.25, -0.2) is 4.79 Å². The zero-order chi connectivity index (χ0) is 8.97. The monoisotopic (exact) mass is 169 g/mol. The number of aliphatic carboxylic acids is 1. The summed E-state index contributed by atoms with van der Waals surface area (Å²) in [7, 11) is 0. The van der Waals surface area contributed by atoms with E-state index in [1.165, 1.54) is 17.2 Å². The van der Waals surface area contributed by atoms with Gasteiger partial charge >= 0.3 is 5.97 Å². The zero-order valence-corrected chi connectivity index (χ0v) is 6.84. The minimum absolute atomic E-state index is 0.523. The van der Waals surface area contributed by atoms with E-state index in [2.05, 4.69) is 10.2 Å². The summed E-state index contributed by atoms with van der Waals surface area (Å²) in [6.07, 6.45) is 4.28. The third-order valence-corrected chi connectivity index (χ3v) is 1.64. The molecule has 1 rings (SSSR count). The quantitative estimate of drug-likeness (QED) is 0.720. The van der Waals surface area contributed by atoms with Gasteiger partial charge in [0.1, 0.15) is 18.7 Å². The molecule has 0 aliphatic carbocycles. The number of nitrogens with zero attached hydrogens (tertiary/aromatic N) is 3. The van der Waals surface area contributed by atoms with E-state index in [1.54, 1.807) is 0 Å². The molecule has 1 N–H and O–H groups in total. The fraction of sp³-hybridized carbons (Fsp3) is 0.571. The number of aromatic nitrogens is 3. The van der Waals surface area contributed by atoms with Crippen molar-refractivity contribution < 1.29 is 9.90 Å². The first-order valence-corrected chi connectivity index (χ1v) is 3.82. The van der Waals surface area contributed by atoms with E-state index in [0.29, 0.717) is 6.42 Å². The second-order valence-electron chi connectivity index (χ2n) is 2.55. The van der Waals surface area contributed by atoms with Crippen LogP contribution in [0.5, 0.6) is 0 Å². The third-order valence-electron chi connectivity index (χ3n) is 1.64. The lowest BCUT2D eigenvalue weighted by molar-refractivity contribution is -0.141. The highest BCUT2D eigenvalue weighted by atomic mass is 16.4. The number of carbonyl (C=O) groups is 1. The van der Waals surface area contributed by atoms with Gasteiger partial charge in [-0.3, -0.25) is 0 Å². The van der Waals surface area contributed by atoms with Crippen LogP contribution in [0.3, 0.4) is 0 Å². The lowest BCUT2D eigenvalue weighted by atomic mass is 10.2. The summed E-state index contributed by atoms with van der Waals surface area (Å²) < 4.78 is 1.51. The summed E-state index contributed by atoms with van der Waals surface area (Å²) in [4.78, 5) is 10.7. The number of hydrogen-bond donors (Lipinski definition) is 1. The van der Waals surface area contributed by atoms with Crippen LogP contribution in [0.4, 0.5) is 0 Å². The summed E-state index contributed by atoms with van der Waals surface area (Å²) in [6.45, 7) is 1.94. The van der Waals surface area contributed by atoms with Gasteiger partial charge in [0.25, 0.3) is 0 Å². The molecule has 5 nitrogen and oxygen atoms in total. The molecule has 5 heteroatoms. The Labute approximate surface area is 70.0 Å². The van der Waals surface area contributed by atoms with Gasteiger partial charge in [-0.05, 0) is 6.42 Å². The maximum atomic E-state index is 10.7. The van der Waals surface area contributed by atoms with Crippen molar-refractivity contribution in [3.05, 3.63) is 12.7 Å². The number of hydrogen-bond acceptors (Lipinski definition) is 3. The van der Waals surface area contributed by atoms with Crippen molar-refractivity contribution in [1.82, 2.24) is 14.8 Å². The highest BCUT2D eigenvalue weighted by Crippen LogP contribution is 2.12. The predicted molar refractivity (Wildman–Crippen MR) is 41.6 cm³/mol. The van der Waals surface area contributed by atoms with Crippen molar-refractivity contribution in [2.24, 2.45) is 0 Å². The van der Waals surface area contributed by atoms with Crippen molar-refractivity contribution in [2.45, 2.75) is 25.8 Å². The van der Waals surface area contributed by atoms with Crippen LogP contribution < -0.4 is 0 Å². The molecule has 1 unspecified atom stereocenters. The van der Waals surface area contributed by atoms with E-state index in [4.69, 9.17) is 5.11 Å². The average Bonchev–Trinajstić information content (AvgIpc) is 2.51. The van der Waals surface area contributed by atoms with E-state index >= 15 is 0 Å². The fourth-order valence-corrected chi connectivity index (χ4v) is 1.04. The summed E-state index contributed by atoms with van der Waals surface area (Å²) in [5, 5.41) is 15.9. The summed E-state index contributed by atoms with van der Waals surface area (Å²) in [6, 6.07) is -0.523. The van der Waals surface area contributed by atoms with Gasteiger partial charge in [0.05, 0.1) is 0 Å². The first-order chi connectivity index (χ1) is 5.75. The number of rotatable bonds is 4. The molecule has 0 fully saturated rings. The predicted octanol–water partition coefficient (Wildman–Crippen LogP) is 0.704. The van der Waals surface area contributed by atoms with Crippen molar-refractivity contribution in [3.63, 3.8) is 0 Å². The Kier molecular flexibility index (Phi) is 2.79. The molecule has 0 saturated carbocycles. The molecular formula is C7H11N3O2. The highest BCUT2D eigenvalue weighted by Gasteiger charge is 2.17. The highest BCUT2D eigenvalue weighted by molar-refractivity contribution is 5.71. The van der Waals surface area contributed by atoms with Gasteiger partial charge in [-0.1, -0.05) is 13.3 Å². The van der Waals surface area contributed by atoms with Crippen LogP contribution in [0.15, 0.2) is 12.7 Å². The maximum Gasteiger partial charge on any atom is 0.326 e. The summed E-state index contributed by atoms with van der Waals surface area (Å²) >= 11 is 0. The Morgan fingerprint density at radius 1 is 1.58 bits per heavy atom. The van der Waals surface area contributed by atoms with Crippen LogP contribution in [-0.4, -0.2) is 25.8 Å². The molecule has 66 valence electrons. The lowest BCUT2D eigenvalue weighted by Gasteiger charge is -2.10. The Morgan fingerprint density at radius 3 is 2.58 bits per heavy atom. The van der Waals surface area contributed by atoms with Crippen LogP contribution in [-0.2, 0) is 4.79 Å². The van der Waals surface area contributed by atoms with E-state index in [1.807, 2.05) is 6.92 Å². The summed E-state index contributed by atoms with van der Waals surface area (Å²) in [5.74, 6) is -0.836. The molecule has 0 amide bonds. The SMILES string of the molecule is CCCC(C(=O)O)n1cnnc1. The van der Waals surface area contributed by atoms with E-state index in [9.17, 15) is 4.79 Å². The fourth-order valence-electron chi connectivity index (χ4n) is 1.04. The summed E-state index contributed by atoms with van der Waals surface area (Å²) in [5.41, 5.74) is 0. The van der Waals surface area contributed by atoms with Crippen molar-refractivity contribution >= 4 is 5.97 Å². The average molecular weight is 169 g/mol. The smallest absolute Gasteiger partial charge is 0.326 e. The third kappa shape index (κ3) is 1.81. The molecule has 0 saturated heterocycles. The number of carboxylic acids is 1. The molecule has 1 aromatic heterocycles. The Morgan fingerprint density at radius 2 is 2.17 bits per heavy atom. The maximum absolute atomic E-state index is 10.7. The Hall–Kier alpha value is -1.39. The molecule has 0 spiro atoms. The number of carboxylic acid groups (broad SMARTS) is 1. The van der Waals surface area contributed by atoms with E-state index < -0.39 is 12.0 Å². The van der Waals surface area contributed by atoms with Crippen molar-refractivity contribution in [2.75, 3.05) is 0 Å². The molecular weight excluding hydrogens is 158 g/mol. The Bertz CT molecular complexity index is 245. The minimum Gasteiger partial charge on any atom is -0.480 e.